The zero-order chi connectivity index (χ0) is 13.9. The maximum absolute atomic E-state index is 11.4. The van der Waals surface area contributed by atoms with Crippen LogP contribution in [0.5, 0.6) is 5.75 Å². The Labute approximate surface area is 113 Å². The predicted octanol–water partition coefficient (Wildman–Crippen LogP) is 0.582. The molecule has 0 saturated heterocycles. The van der Waals surface area contributed by atoms with Crippen molar-refractivity contribution in [2.24, 2.45) is 0 Å². The van der Waals surface area contributed by atoms with E-state index in [4.69, 9.17) is 4.74 Å². The molecule has 5 nitrogen and oxygen atoms in total. The Kier molecular flexibility index (Phi) is 4.44. The summed E-state index contributed by atoms with van der Waals surface area (Å²) < 4.78 is 28.2. The summed E-state index contributed by atoms with van der Waals surface area (Å²) in [6.45, 7) is 0.642. The van der Waals surface area contributed by atoms with Crippen molar-refractivity contribution >= 4 is 9.84 Å². The molecule has 1 aliphatic rings. The Bertz CT molecular complexity index is 525. The van der Waals surface area contributed by atoms with E-state index in [1.54, 1.807) is 12.1 Å². The highest BCUT2D eigenvalue weighted by Gasteiger charge is 2.21. The van der Waals surface area contributed by atoms with E-state index in [2.05, 4.69) is 5.32 Å². The summed E-state index contributed by atoms with van der Waals surface area (Å²) >= 11 is 0. The number of hydrogen-bond acceptors (Lipinski definition) is 5. The van der Waals surface area contributed by atoms with Gasteiger partial charge in [-0.1, -0.05) is 6.07 Å². The van der Waals surface area contributed by atoms with Crippen molar-refractivity contribution in [2.75, 3.05) is 19.4 Å². The fourth-order valence-corrected chi connectivity index (χ4v) is 2.29. The molecule has 1 atom stereocenters. The molecule has 0 aromatic heterocycles. The van der Waals surface area contributed by atoms with Crippen LogP contribution in [-0.2, 0) is 9.84 Å². The molecule has 1 aromatic rings. The van der Waals surface area contributed by atoms with Crippen LogP contribution in [0.3, 0.4) is 0 Å². The monoisotopic (exact) mass is 285 g/mol. The van der Waals surface area contributed by atoms with Crippen LogP contribution >= 0.6 is 0 Å². The van der Waals surface area contributed by atoms with Gasteiger partial charge in [-0.05, 0) is 31.0 Å². The number of aliphatic hydroxyl groups is 1. The van der Waals surface area contributed by atoms with Gasteiger partial charge >= 0.3 is 0 Å². The molecule has 1 aromatic carbocycles. The second-order valence-corrected chi connectivity index (χ2v) is 6.91. The molecule has 106 valence electrons. The first kappa shape index (κ1) is 14.3. The Morgan fingerprint density at radius 3 is 2.84 bits per heavy atom. The van der Waals surface area contributed by atoms with E-state index in [0.717, 1.165) is 6.26 Å². The van der Waals surface area contributed by atoms with Crippen LogP contribution in [0.25, 0.3) is 0 Å². The molecule has 1 aliphatic carbocycles. The molecular weight excluding hydrogens is 266 g/mol. The average Bonchev–Trinajstić information content (AvgIpc) is 3.17. The van der Waals surface area contributed by atoms with E-state index in [-0.39, 0.29) is 11.5 Å². The third kappa shape index (κ3) is 4.81. The second-order valence-electron chi connectivity index (χ2n) is 4.89. The third-order valence-corrected chi connectivity index (χ3v) is 4.01. The first-order chi connectivity index (χ1) is 8.95. The quantitative estimate of drug-likeness (QED) is 0.766. The molecule has 1 unspecified atom stereocenters. The normalized spacial score (nSPS) is 17.2. The van der Waals surface area contributed by atoms with Crippen molar-refractivity contribution in [3.63, 3.8) is 0 Å². The number of rotatable bonds is 7. The zero-order valence-electron chi connectivity index (χ0n) is 10.9. The van der Waals surface area contributed by atoms with E-state index in [9.17, 15) is 13.5 Å². The van der Waals surface area contributed by atoms with Crippen LogP contribution < -0.4 is 10.1 Å². The molecule has 0 bridgehead atoms. The molecule has 0 radical (unpaired) electrons. The van der Waals surface area contributed by atoms with Gasteiger partial charge in [0, 0.05) is 18.8 Å². The second kappa shape index (κ2) is 5.90. The van der Waals surface area contributed by atoms with E-state index in [1.165, 1.54) is 25.0 Å². The zero-order valence-corrected chi connectivity index (χ0v) is 11.7. The molecule has 19 heavy (non-hydrogen) atoms. The summed E-state index contributed by atoms with van der Waals surface area (Å²) in [5.74, 6) is 0.452. The van der Waals surface area contributed by atoms with Crippen molar-refractivity contribution in [1.82, 2.24) is 5.32 Å². The molecule has 0 heterocycles. The van der Waals surface area contributed by atoms with Gasteiger partial charge in [-0.2, -0.15) is 0 Å². The third-order valence-electron chi connectivity index (χ3n) is 2.90. The summed E-state index contributed by atoms with van der Waals surface area (Å²) in [6.07, 6.45) is 2.90. The minimum Gasteiger partial charge on any atom is -0.491 e. The van der Waals surface area contributed by atoms with Crippen LogP contribution in [0, 0.1) is 0 Å². The molecule has 2 rings (SSSR count). The molecule has 0 amide bonds. The molecule has 1 saturated carbocycles. The Morgan fingerprint density at radius 1 is 1.47 bits per heavy atom. The lowest BCUT2D eigenvalue weighted by molar-refractivity contribution is 0.106. The maximum atomic E-state index is 11.4. The van der Waals surface area contributed by atoms with E-state index < -0.39 is 15.9 Å². The number of ether oxygens (including phenoxy) is 1. The fourth-order valence-electron chi connectivity index (χ4n) is 1.64. The Morgan fingerprint density at radius 2 is 2.21 bits per heavy atom. The maximum Gasteiger partial charge on any atom is 0.175 e. The lowest BCUT2D eigenvalue weighted by Gasteiger charge is -2.13. The average molecular weight is 285 g/mol. The lowest BCUT2D eigenvalue weighted by atomic mass is 10.3. The van der Waals surface area contributed by atoms with Gasteiger partial charge < -0.3 is 15.2 Å². The largest absolute Gasteiger partial charge is 0.491 e. The number of hydrogen-bond donors (Lipinski definition) is 2. The summed E-state index contributed by atoms with van der Waals surface area (Å²) in [7, 11) is -3.23. The molecule has 0 aliphatic heterocycles. The van der Waals surface area contributed by atoms with Gasteiger partial charge in [-0.15, -0.1) is 0 Å². The summed E-state index contributed by atoms with van der Waals surface area (Å²) in [5.41, 5.74) is 0. The van der Waals surface area contributed by atoms with Gasteiger partial charge in [0.05, 0.1) is 4.90 Å². The highest BCUT2D eigenvalue weighted by molar-refractivity contribution is 7.90. The minimum absolute atomic E-state index is 0.146. The number of sulfone groups is 1. The number of aliphatic hydroxyl groups excluding tert-OH is 1. The summed E-state index contributed by atoms with van der Waals surface area (Å²) in [6, 6.07) is 6.84. The Hall–Kier alpha value is -1.11. The first-order valence-corrected chi connectivity index (χ1v) is 8.18. The van der Waals surface area contributed by atoms with Gasteiger partial charge in [0.1, 0.15) is 18.5 Å². The van der Waals surface area contributed by atoms with Crippen molar-refractivity contribution in [2.45, 2.75) is 29.9 Å². The highest BCUT2D eigenvalue weighted by Crippen LogP contribution is 2.19. The van der Waals surface area contributed by atoms with Gasteiger partial charge in [0.15, 0.2) is 9.84 Å². The van der Waals surface area contributed by atoms with Crippen molar-refractivity contribution in [1.29, 1.82) is 0 Å². The lowest BCUT2D eigenvalue weighted by Crippen LogP contribution is -2.32. The van der Waals surface area contributed by atoms with Gasteiger partial charge in [-0.25, -0.2) is 8.42 Å². The number of benzene rings is 1. The predicted molar refractivity (Wildman–Crippen MR) is 72.1 cm³/mol. The van der Waals surface area contributed by atoms with Crippen molar-refractivity contribution in [3.05, 3.63) is 24.3 Å². The standard InChI is InChI=1S/C13H19NO4S/c1-19(16,17)13-4-2-3-12(7-13)18-9-11(15)8-14-10-5-6-10/h2-4,7,10-11,14-15H,5-6,8-9H2,1H3. The summed E-state index contributed by atoms with van der Waals surface area (Å²) in [4.78, 5) is 0.218. The highest BCUT2D eigenvalue weighted by atomic mass is 32.2. The fraction of sp³-hybridized carbons (Fsp3) is 0.538. The first-order valence-electron chi connectivity index (χ1n) is 6.29. The SMILES string of the molecule is CS(=O)(=O)c1cccc(OCC(O)CNC2CC2)c1. The van der Waals surface area contributed by atoms with Gasteiger partial charge in [0.2, 0.25) is 0 Å². The molecule has 6 heteroatoms. The molecule has 0 spiro atoms. The summed E-state index contributed by atoms with van der Waals surface area (Å²) in [5, 5.41) is 12.9. The van der Waals surface area contributed by atoms with E-state index in [1.807, 2.05) is 0 Å². The Balaban J connectivity index is 1.84. The van der Waals surface area contributed by atoms with Crippen LogP contribution in [-0.4, -0.2) is 45.1 Å². The van der Waals surface area contributed by atoms with Crippen LogP contribution in [0.4, 0.5) is 0 Å². The van der Waals surface area contributed by atoms with Crippen molar-refractivity contribution in [3.8, 4) is 5.75 Å². The molecule has 1 fully saturated rings. The van der Waals surface area contributed by atoms with Gasteiger partial charge in [-0.3, -0.25) is 0 Å². The smallest absolute Gasteiger partial charge is 0.175 e. The van der Waals surface area contributed by atoms with Gasteiger partial charge in [0.25, 0.3) is 0 Å². The van der Waals surface area contributed by atoms with E-state index >= 15 is 0 Å². The minimum atomic E-state index is -3.23. The molecular formula is C13H19NO4S. The van der Waals surface area contributed by atoms with Crippen LogP contribution in [0.15, 0.2) is 29.2 Å². The molecule has 2 N–H and O–H groups in total. The number of nitrogens with one attached hydrogen (secondary N) is 1. The van der Waals surface area contributed by atoms with Crippen LogP contribution in [0.2, 0.25) is 0 Å². The van der Waals surface area contributed by atoms with Crippen molar-refractivity contribution < 1.29 is 18.3 Å². The topological polar surface area (TPSA) is 75.6 Å². The van der Waals surface area contributed by atoms with E-state index in [0.29, 0.717) is 18.3 Å². The van der Waals surface area contributed by atoms with Crippen LogP contribution in [0.1, 0.15) is 12.8 Å².